The standard InChI is InChI=1S/C14H24N6O/c1-8(12(21)17-9-5-6-9)16-10-7-11(20-15)19-13(18-10)14(2,3)4/h7-9H,5-6,15H2,1-4H3,(H,17,21)(H2,16,18,19,20). The highest BCUT2D eigenvalue weighted by atomic mass is 16.2. The van der Waals surface area contributed by atoms with E-state index in [4.69, 9.17) is 5.84 Å². The molecule has 1 aliphatic rings. The second kappa shape index (κ2) is 5.85. The summed E-state index contributed by atoms with van der Waals surface area (Å²) in [6.07, 6.45) is 2.14. The predicted molar refractivity (Wildman–Crippen MR) is 82.8 cm³/mol. The minimum Gasteiger partial charge on any atom is -0.358 e. The number of nitrogen functional groups attached to an aromatic ring is 1. The summed E-state index contributed by atoms with van der Waals surface area (Å²) in [5, 5.41) is 6.07. The van der Waals surface area contributed by atoms with E-state index in [-0.39, 0.29) is 17.4 Å². The molecule has 0 radical (unpaired) electrons. The lowest BCUT2D eigenvalue weighted by molar-refractivity contribution is -0.121. The second-order valence-electron chi connectivity index (χ2n) is 6.51. The van der Waals surface area contributed by atoms with Crippen LogP contribution in [0.4, 0.5) is 11.6 Å². The summed E-state index contributed by atoms with van der Waals surface area (Å²) in [7, 11) is 0. The zero-order valence-corrected chi connectivity index (χ0v) is 13.0. The van der Waals surface area contributed by atoms with Gasteiger partial charge in [0.1, 0.15) is 23.5 Å². The Balaban J connectivity index is 2.12. The van der Waals surface area contributed by atoms with Gasteiger partial charge in [-0.25, -0.2) is 15.8 Å². The van der Waals surface area contributed by atoms with Gasteiger partial charge < -0.3 is 16.1 Å². The third kappa shape index (κ3) is 4.29. The average molecular weight is 292 g/mol. The fraction of sp³-hybridized carbons (Fsp3) is 0.643. The molecule has 21 heavy (non-hydrogen) atoms. The maximum Gasteiger partial charge on any atom is 0.242 e. The van der Waals surface area contributed by atoms with Gasteiger partial charge >= 0.3 is 0 Å². The molecule has 5 N–H and O–H groups in total. The molecule has 1 atom stereocenters. The molecule has 0 aliphatic heterocycles. The highest BCUT2D eigenvalue weighted by Gasteiger charge is 2.26. The Morgan fingerprint density at radius 3 is 2.48 bits per heavy atom. The highest BCUT2D eigenvalue weighted by Crippen LogP contribution is 2.22. The molecule has 1 aromatic heterocycles. The molecule has 1 saturated carbocycles. The SMILES string of the molecule is CC(Nc1cc(NN)nc(C(C)(C)C)n1)C(=O)NC1CC1. The second-order valence-corrected chi connectivity index (χ2v) is 6.51. The van der Waals surface area contributed by atoms with Crippen LogP contribution in [-0.2, 0) is 10.2 Å². The van der Waals surface area contributed by atoms with Gasteiger partial charge in [-0.3, -0.25) is 4.79 Å². The molecule has 0 aromatic carbocycles. The summed E-state index contributed by atoms with van der Waals surface area (Å²) < 4.78 is 0. The van der Waals surface area contributed by atoms with E-state index in [0.717, 1.165) is 12.8 Å². The van der Waals surface area contributed by atoms with Crippen LogP contribution < -0.4 is 21.9 Å². The summed E-state index contributed by atoms with van der Waals surface area (Å²) in [5.41, 5.74) is 2.33. The van der Waals surface area contributed by atoms with Crippen LogP contribution in [0.3, 0.4) is 0 Å². The zero-order chi connectivity index (χ0) is 15.6. The Bertz CT molecular complexity index is 521. The van der Waals surface area contributed by atoms with Crippen molar-refractivity contribution in [3.8, 4) is 0 Å². The van der Waals surface area contributed by atoms with Gasteiger partial charge in [0.25, 0.3) is 0 Å². The Hall–Kier alpha value is -1.89. The number of carbonyl (C=O) groups excluding carboxylic acids is 1. The van der Waals surface area contributed by atoms with Crippen molar-refractivity contribution in [2.45, 2.75) is 58.0 Å². The molecule has 0 bridgehead atoms. The fourth-order valence-corrected chi connectivity index (χ4v) is 1.77. The number of carbonyl (C=O) groups is 1. The van der Waals surface area contributed by atoms with Gasteiger partial charge in [-0.2, -0.15) is 0 Å². The zero-order valence-electron chi connectivity index (χ0n) is 13.0. The number of amides is 1. The number of hydrogen-bond donors (Lipinski definition) is 4. The lowest BCUT2D eigenvalue weighted by Crippen LogP contribution is -2.39. The number of aromatic nitrogens is 2. The van der Waals surface area contributed by atoms with E-state index in [0.29, 0.717) is 23.5 Å². The number of hydrogen-bond acceptors (Lipinski definition) is 6. The van der Waals surface area contributed by atoms with Crippen molar-refractivity contribution in [1.29, 1.82) is 0 Å². The summed E-state index contributed by atoms with van der Waals surface area (Å²) >= 11 is 0. The highest BCUT2D eigenvalue weighted by molar-refractivity contribution is 5.84. The molecule has 1 unspecified atom stereocenters. The molecule has 1 amide bonds. The van der Waals surface area contributed by atoms with E-state index in [9.17, 15) is 4.79 Å². The average Bonchev–Trinajstić information content (AvgIpc) is 3.21. The van der Waals surface area contributed by atoms with Gasteiger partial charge in [-0.1, -0.05) is 20.8 Å². The molecule has 1 aliphatic carbocycles. The van der Waals surface area contributed by atoms with Gasteiger partial charge in [0.15, 0.2) is 0 Å². The lowest BCUT2D eigenvalue weighted by Gasteiger charge is -2.20. The molecule has 1 aromatic rings. The molecule has 1 fully saturated rings. The minimum atomic E-state index is -0.362. The number of hydrazine groups is 1. The van der Waals surface area contributed by atoms with E-state index < -0.39 is 0 Å². The van der Waals surface area contributed by atoms with Crippen LogP contribution in [0.15, 0.2) is 6.07 Å². The van der Waals surface area contributed by atoms with Crippen LogP contribution in [0.2, 0.25) is 0 Å². The van der Waals surface area contributed by atoms with E-state index in [2.05, 4.69) is 26.0 Å². The minimum absolute atomic E-state index is 0.0179. The first-order chi connectivity index (χ1) is 9.79. The molecule has 2 rings (SSSR count). The van der Waals surface area contributed by atoms with Crippen LogP contribution in [0.5, 0.6) is 0 Å². The van der Waals surface area contributed by atoms with Crippen molar-refractivity contribution in [3.05, 3.63) is 11.9 Å². The van der Waals surface area contributed by atoms with Crippen LogP contribution in [0.25, 0.3) is 0 Å². The molecular weight excluding hydrogens is 268 g/mol. The molecule has 7 heteroatoms. The van der Waals surface area contributed by atoms with Crippen molar-refractivity contribution in [2.24, 2.45) is 5.84 Å². The van der Waals surface area contributed by atoms with Crippen LogP contribution >= 0.6 is 0 Å². The van der Waals surface area contributed by atoms with Crippen LogP contribution in [0.1, 0.15) is 46.4 Å². The first kappa shape index (κ1) is 15.5. The van der Waals surface area contributed by atoms with E-state index in [1.807, 2.05) is 27.7 Å². The maximum atomic E-state index is 12.0. The Morgan fingerprint density at radius 1 is 1.33 bits per heavy atom. The third-order valence-electron chi connectivity index (χ3n) is 3.23. The molecule has 0 saturated heterocycles. The Morgan fingerprint density at radius 2 is 1.95 bits per heavy atom. The summed E-state index contributed by atoms with van der Waals surface area (Å²) in [5.74, 6) is 7.20. The first-order valence-electron chi connectivity index (χ1n) is 7.22. The summed E-state index contributed by atoms with van der Waals surface area (Å²) in [6, 6.07) is 1.67. The van der Waals surface area contributed by atoms with Crippen LogP contribution in [0, 0.1) is 0 Å². The molecule has 7 nitrogen and oxygen atoms in total. The quantitative estimate of drug-likeness (QED) is 0.479. The smallest absolute Gasteiger partial charge is 0.242 e. The lowest BCUT2D eigenvalue weighted by atomic mass is 9.96. The largest absolute Gasteiger partial charge is 0.358 e. The van der Waals surface area contributed by atoms with Gasteiger partial charge in [0.05, 0.1) is 0 Å². The number of rotatable bonds is 5. The first-order valence-corrected chi connectivity index (χ1v) is 7.22. The monoisotopic (exact) mass is 292 g/mol. The van der Waals surface area contributed by atoms with E-state index in [1.54, 1.807) is 6.07 Å². The molecule has 116 valence electrons. The molecule has 1 heterocycles. The number of nitrogens with zero attached hydrogens (tertiary/aromatic N) is 2. The van der Waals surface area contributed by atoms with Gasteiger partial charge in [0.2, 0.25) is 5.91 Å². The van der Waals surface area contributed by atoms with Crippen molar-refractivity contribution in [2.75, 3.05) is 10.7 Å². The number of anilines is 2. The summed E-state index contributed by atoms with van der Waals surface area (Å²) in [6.45, 7) is 7.88. The maximum absolute atomic E-state index is 12.0. The number of nitrogens with one attached hydrogen (secondary N) is 3. The Kier molecular flexibility index (Phi) is 4.32. The van der Waals surface area contributed by atoms with Crippen molar-refractivity contribution in [3.63, 3.8) is 0 Å². The third-order valence-corrected chi connectivity index (χ3v) is 3.23. The number of nitrogens with two attached hydrogens (primary N) is 1. The van der Waals surface area contributed by atoms with Gasteiger partial charge in [-0.05, 0) is 19.8 Å². The van der Waals surface area contributed by atoms with Gasteiger partial charge in [-0.15, -0.1) is 0 Å². The normalized spacial score (nSPS) is 16.2. The molecular formula is C14H24N6O. The summed E-state index contributed by atoms with van der Waals surface area (Å²) in [4.78, 5) is 20.8. The fourth-order valence-electron chi connectivity index (χ4n) is 1.77. The van der Waals surface area contributed by atoms with Crippen molar-refractivity contribution < 1.29 is 4.79 Å². The predicted octanol–water partition coefficient (Wildman–Crippen LogP) is 1.14. The van der Waals surface area contributed by atoms with Crippen molar-refractivity contribution >= 4 is 17.5 Å². The van der Waals surface area contributed by atoms with E-state index >= 15 is 0 Å². The van der Waals surface area contributed by atoms with Gasteiger partial charge in [0, 0.05) is 17.5 Å². The topological polar surface area (TPSA) is 105 Å². The molecule has 0 spiro atoms. The van der Waals surface area contributed by atoms with E-state index in [1.165, 1.54) is 0 Å². The van der Waals surface area contributed by atoms with Crippen molar-refractivity contribution in [1.82, 2.24) is 15.3 Å². The Labute approximate surface area is 125 Å². The van der Waals surface area contributed by atoms with Crippen LogP contribution in [-0.4, -0.2) is 28.0 Å².